The fourth-order valence-electron chi connectivity index (χ4n) is 3.46. The van der Waals surface area contributed by atoms with Gasteiger partial charge in [-0.2, -0.15) is 0 Å². The lowest BCUT2D eigenvalue weighted by Gasteiger charge is -2.27. The van der Waals surface area contributed by atoms with Gasteiger partial charge in [-0.1, -0.05) is 23.7 Å². The van der Waals surface area contributed by atoms with Gasteiger partial charge in [-0.3, -0.25) is 9.59 Å². The third kappa shape index (κ3) is 9.02. The molecule has 0 N–H and O–H groups in total. The summed E-state index contributed by atoms with van der Waals surface area (Å²) < 4.78 is 29.8. The van der Waals surface area contributed by atoms with Crippen molar-refractivity contribution in [3.63, 3.8) is 0 Å². The van der Waals surface area contributed by atoms with Gasteiger partial charge >= 0.3 is 0 Å². The standard InChI is InChI=1S/C27H30ClFN2O5/c1-2-34-15-4-14-30(27(33)20-36-24-12-8-22(28)9-13-24)19-26(32)31(18-25-5-3-16-35-25)17-21-6-10-23(29)11-7-21/h3,5-13,16H,2,4,14-15,17-20H2,1H3. The average molecular weight is 517 g/mol. The summed E-state index contributed by atoms with van der Waals surface area (Å²) in [6.45, 7) is 3.36. The summed E-state index contributed by atoms with van der Waals surface area (Å²) in [5.41, 5.74) is 0.761. The molecule has 192 valence electrons. The van der Waals surface area contributed by atoms with Crippen LogP contribution in [0.25, 0.3) is 0 Å². The Balaban J connectivity index is 1.69. The van der Waals surface area contributed by atoms with Gasteiger partial charge in [-0.25, -0.2) is 4.39 Å². The van der Waals surface area contributed by atoms with Crippen LogP contribution in [0.4, 0.5) is 4.39 Å². The first-order valence-corrected chi connectivity index (χ1v) is 12.1. The van der Waals surface area contributed by atoms with Crippen LogP contribution < -0.4 is 4.74 Å². The van der Waals surface area contributed by atoms with E-state index >= 15 is 0 Å². The molecule has 3 aromatic rings. The Kier molecular flexibility index (Phi) is 10.8. The first-order chi connectivity index (χ1) is 17.4. The van der Waals surface area contributed by atoms with Crippen LogP contribution in [-0.4, -0.2) is 54.5 Å². The van der Waals surface area contributed by atoms with Crippen molar-refractivity contribution in [2.45, 2.75) is 26.4 Å². The first-order valence-electron chi connectivity index (χ1n) is 11.7. The highest BCUT2D eigenvalue weighted by molar-refractivity contribution is 6.30. The van der Waals surface area contributed by atoms with E-state index in [1.54, 1.807) is 53.4 Å². The van der Waals surface area contributed by atoms with Crippen molar-refractivity contribution in [3.05, 3.63) is 89.1 Å². The predicted molar refractivity (Wildman–Crippen MR) is 134 cm³/mol. The molecule has 0 saturated heterocycles. The molecular weight excluding hydrogens is 487 g/mol. The van der Waals surface area contributed by atoms with Crippen LogP contribution >= 0.6 is 11.6 Å². The fourth-order valence-corrected chi connectivity index (χ4v) is 3.58. The van der Waals surface area contributed by atoms with Crippen molar-refractivity contribution < 1.29 is 27.9 Å². The Hall–Kier alpha value is -3.36. The molecule has 2 amide bonds. The maximum absolute atomic E-state index is 13.4. The van der Waals surface area contributed by atoms with Crippen LogP contribution in [0.15, 0.2) is 71.3 Å². The third-order valence-corrected chi connectivity index (χ3v) is 5.59. The summed E-state index contributed by atoms with van der Waals surface area (Å²) in [7, 11) is 0. The second kappa shape index (κ2) is 14.3. The largest absolute Gasteiger partial charge is 0.484 e. The third-order valence-electron chi connectivity index (χ3n) is 5.34. The monoisotopic (exact) mass is 516 g/mol. The molecule has 0 aliphatic carbocycles. The Morgan fingerprint density at radius 1 is 0.972 bits per heavy atom. The van der Waals surface area contributed by atoms with Gasteiger partial charge in [0.05, 0.1) is 19.4 Å². The van der Waals surface area contributed by atoms with Gasteiger partial charge in [-0.15, -0.1) is 0 Å². The van der Waals surface area contributed by atoms with Crippen LogP contribution in [0.5, 0.6) is 5.75 Å². The summed E-state index contributed by atoms with van der Waals surface area (Å²) in [6, 6.07) is 16.2. The second-order valence-electron chi connectivity index (χ2n) is 8.06. The van der Waals surface area contributed by atoms with Crippen molar-refractivity contribution in [1.82, 2.24) is 9.80 Å². The number of furan rings is 1. The van der Waals surface area contributed by atoms with E-state index in [0.29, 0.717) is 42.7 Å². The van der Waals surface area contributed by atoms with Crippen LogP contribution in [-0.2, 0) is 27.4 Å². The van der Waals surface area contributed by atoms with Crippen LogP contribution in [0.1, 0.15) is 24.7 Å². The molecule has 0 atom stereocenters. The number of amides is 2. The van der Waals surface area contributed by atoms with Crippen LogP contribution in [0.2, 0.25) is 5.02 Å². The zero-order chi connectivity index (χ0) is 25.8. The van der Waals surface area contributed by atoms with Crippen molar-refractivity contribution in [1.29, 1.82) is 0 Å². The minimum Gasteiger partial charge on any atom is -0.484 e. The van der Waals surface area contributed by atoms with E-state index in [-0.39, 0.29) is 43.9 Å². The highest BCUT2D eigenvalue weighted by Crippen LogP contribution is 2.16. The highest BCUT2D eigenvalue weighted by atomic mass is 35.5. The zero-order valence-electron chi connectivity index (χ0n) is 20.2. The van der Waals surface area contributed by atoms with Gasteiger partial charge < -0.3 is 23.7 Å². The quantitative estimate of drug-likeness (QED) is 0.284. The maximum atomic E-state index is 13.4. The Morgan fingerprint density at radius 2 is 1.72 bits per heavy atom. The minimum atomic E-state index is -0.352. The van der Waals surface area contributed by atoms with E-state index in [1.165, 1.54) is 23.3 Å². The SMILES string of the molecule is CCOCCCN(CC(=O)N(Cc1ccc(F)cc1)Cc1ccco1)C(=O)COc1ccc(Cl)cc1. The molecule has 0 unspecified atom stereocenters. The number of nitrogens with zero attached hydrogens (tertiary/aromatic N) is 2. The van der Waals surface area contributed by atoms with Crippen molar-refractivity contribution in [2.75, 3.05) is 32.9 Å². The molecule has 0 radical (unpaired) electrons. The molecule has 0 aliphatic heterocycles. The molecule has 3 rings (SSSR count). The fraction of sp³-hybridized carbons (Fsp3) is 0.333. The first kappa shape index (κ1) is 27.2. The lowest BCUT2D eigenvalue weighted by atomic mass is 10.2. The maximum Gasteiger partial charge on any atom is 0.260 e. The lowest BCUT2D eigenvalue weighted by molar-refractivity contribution is -0.142. The molecular formula is C27H30ClFN2O5. The summed E-state index contributed by atoms with van der Waals surface area (Å²) in [5, 5.41) is 0.564. The Morgan fingerprint density at radius 3 is 2.39 bits per heavy atom. The van der Waals surface area contributed by atoms with E-state index in [1.807, 2.05) is 6.92 Å². The summed E-state index contributed by atoms with van der Waals surface area (Å²) in [4.78, 5) is 29.5. The summed E-state index contributed by atoms with van der Waals surface area (Å²) >= 11 is 5.90. The highest BCUT2D eigenvalue weighted by Gasteiger charge is 2.23. The Bertz CT molecular complexity index is 1070. The second-order valence-corrected chi connectivity index (χ2v) is 8.50. The van der Waals surface area contributed by atoms with Gasteiger partial charge in [0, 0.05) is 31.3 Å². The molecule has 1 aromatic heterocycles. The molecule has 0 fully saturated rings. The molecule has 36 heavy (non-hydrogen) atoms. The number of halogens is 2. The number of ether oxygens (including phenoxy) is 2. The molecule has 2 aromatic carbocycles. The smallest absolute Gasteiger partial charge is 0.260 e. The normalized spacial score (nSPS) is 10.8. The van der Waals surface area contributed by atoms with E-state index < -0.39 is 0 Å². The van der Waals surface area contributed by atoms with E-state index in [9.17, 15) is 14.0 Å². The lowest BCUT2D eigenvalue weighted by Crippen LogP contribution is -2.44. The topological polar surface area (TPSA) is 72.2 Å². The van der Waals surface area contributed by atoms with E-state index in [4.69, 9.17) is 25.5 Å². The molecule has 1 heterocycles. The zero-order valence-corrected chi connectivity index (χ0v) is 21.0. The van der Waals surface area contributed by atoms with Gasteiger partial charge in [0.1, 0.15) is 17.3 Å². The molecule has 0 bridgehead atoms. The van der Waals surface area contributed by atoms with E-state index in [0.717, 1.165) is 5.56 Å². The van der Waals surface area contributed by atoms with Crippen molar-refractivity contribution in [2.24, 2.45) is 0 Å². The number of hydrogen-bond acceptors (Lipinski definition) is 5. The summed E-state index contributed by atoms with van der Waals surface area (Å²) in [6.07, 6.45) is 2.11. The van der Waals surface area contributed by atoms with Crippen molar-refractivity contribution >= 4 is 23.4 Å². The van der Waals surface area contributed by atoms with Gasteiger partial charge in [0.25, 0.3) is 5.91 Å². The molecule has 9 heteroatoms. The minimum absolute atomic E-state index is 0.142. The van der Waals surface area contributed by atoms with Crippen LogP contribution in [0.3, 0.4) is 0 Å². The predicted octanol–water partition coefficient (Wildman–Crippen LogP) is 4.94. The van der Waals surface area contributed by atoms with Crippen molar-refractivity contribution in [3.8, 4) is 5.75 Å². The molecule has 0 saturated carbocycles. The van der Waals surface area contributed by atoms with E-state index in [2.05, 4.69) is 0 Å². The molecule has 7 nitrogen and oxygen atoms in total. The number of benzene rings is 2. The number of rotatable bonds is 14. The Labute approximate surface area is 215 Å². The number of hydrogen-bond donors (Lipinski definition) is 0. The van der Waals surface area contributed by atoms with Gasteiger partial charge in [-0.05, 0) is 67.4 Å². The number of carbonyl (C=O) groups excluding carboxylic acids is 2. The molecule has 0 aliphatic rings. The molecule has 0 spiro atoms. The average Bonchev–Trinajstić information content (AvgIpc) is 3.39. The van der Waals surface area contributed by atoms with Gasteiger partial charge in [0.15, 0.2) is 6.61 Å². The summed E-state index contributed by atoms with van der Waals surface area (Å²) in [5.74, 6) is 0.158. The number of carbonyl (C=O) groups is 2. The van der Waals surface area contributed by atoms with Crippen LogP contribution in [0, 0.1) is 5.82 Å². The van der Waals surface area contributed by atoms with Gasteiger partial charge in [0.2, 0.25) is 5.91 Å².